The molecule has 130 valence electrons. The van der Waals surface area contributed by atoms with E-state index in [0.29, 0.717) is 16.4 Å². The molecule has 2 rings (SSSR count). The predicted octanol–water partition coefficient (Wildman–Crippen LogP) is 4.92. The highest BCUT2D eigenvalue weighted by Crippen LogP contribution is 2.23. The zero-order valence-corrected chi connectivity index (χ0v) is 15.4. The molecule has 0 saturated carbocycles. The molecule has 0 saturated heterocycles. The van der Waals surface area contributed by atoms with Gasteiger partial charge in [-0.25, -0.2) is 4.68 Å². The number of unbranched alkanes of at least 4 members (excludes halogenated alkanes) is 3. The molecule has 1 N–H and O–H groups in total. The minimum atomic E-state index is -0.150. The van der Waals surface area contributed by atoms with Gasteiger partial charge in [0.05, 0.1) is 16.9 Å². The van der Waals surface area contributed by atoms with Crippen molar-refractivity contribution < 1.29 is 4.79 Å². The van der Waals surface area contributed by atoms with E-state index in [-0.39, 0.29) is 11.9 Å². The number of amides is 1. The van der Waals surface area contributed by atoms with Crippen LogP contribution in [0.2, 0.25) is 5.15 Å². The van der Waals surface area contributed by atoms with Gasteiger partial charge in [0, 0.05) is 6.04 Å². The molecule has 5 heteroatoms. The highest BCUT2D eigenvalue weighted by molar-refractivity contribution is 6.33. The number of aryl methyl sites for hydroxylation is 1. The molecule has 24 heavy (non-hydrogen) atoms. The Morgan fingerprint density at radius 1 is 1.25 bits per heavy atom. The van der Waals surface area contributed by atoms with Crippen molar-refractivity contribution in [2.24, 2.45) is 0 Å². The Morgan fingerprint density at radius 2 is 1.96 bits per heavy atom. The standard InChI is InChI=1S/C19H26ClN3O/c1-4-5-6-8-11-14(2)21-19(24)17-15(3)22-23(18(17)20)16-12-9-7-10-13-16/h7,9-10,12-14H,4-6,8,11H2,1-3H3,(H,21,24). The van der Waals surface area contributed by atoms with Gasteiger partial charge in [0.2, 0.25) is 0 Å². The summed E-state index contributed by atoms with van der Waals surface area (Å²) >= 11 is 6.43. The van der Waals surface area contributed by atoms with Gasteiger partial charge in [-0.15, -0.1) is 0 Å². The highest BCUT2D eigenvalue weighted by atomic mass is 35.5. The summed E-state index contributed by atoms with van der Waals surface area (Å²) in [6.07, 6.45) is 5.78. The summed E-state index contributed by atoms with van der Waals surface area (Å²) in [5.41, 5.74) is 1.94. The lowest BCUT2D eigenvalue weighted by Gasteiger charge is -2.13. The monoisotopic (exact) mass is 347 g/mol. The first-order valence-corrected chi connectivity index (χ1v) is 9.03. The second-order valence-electron chi connectivity index (χ2n) is 6.22. The number of aromatic nitrogens is 2. The first-order chi connectivity index (χ1) is 11.5. The molecule has 1 aromatic carbocycles. The van der Waals surface area contributed by atoms with Crippen LogP contribution in [0, 0.1) is 6.92 Å². The van der Waals surface area contributed by atoms with E-state index in [4.69, 9.17) is 11.6 Å². The molecule has 0 aliphatic heterocycles. The lowest BCUT2D eigenvalue weighted by Crippen LogP contribution is -2.32. The van der Waals surface area contributed by atoms with Crippen LogP contribution in [-0.4, -0.2) is 21.7 Å². The molecule has 0 aliphatic rings. The summed E-state index contributed by atoms with van der Waals surface area (Å²) in [4.78, 5) is 12.6. The van der Waals surface area contributed by atoms with Crippen molar-refractivity contribution in [2.75, 3.05) is 0 Å². The number of halogens is 1. The second-order valence-corrected chi connectivity index (χ2v) is 6.58. The van der Waals surface area contributed by atoms with Crippen LogP contribution in [0.1, 0.15) is 62.0 Å². The van der Waals surface area contributed by atoms with Crippen LogP contribution in [0.25, 0.3) is 5.69 Å². The molecule has 0 bridgehead atoms. The Hall–Kier alpha value is -1.81. The van der Waals surface area contributed by atoms with Gasteiger partial charge in [0.15, 0.2) is 0 Å². The van der Waals surface area contributed by atoms with Crippen molar-refractivity contribution in [3.63, 3.8) is 0 Å². The first kappa shape index (κ1) is 18.5. The van der Waals surface area contributed by atoms with E-state index < -0.39 is 0 Å². The average molecular weight is 348 g/mol. The van der Waals surface area contributed by atoms with Crippen LogP contribution in [0.15, 0.2) is 30.3 Å². The van der Waals surface area contributed by atoms with Crippen molar-refractivity contribution in [3.8, 4) is 5.69 Å². The van der Waals surface area contributed by atoms with Crippen LogP contribution in [0.5, 0.6) is 0 Å². The van der Waals surface area contributed by atoms with E-state index in [1.54, 1.807) is 4.68 Å². The van der Waals surface area contributed by atoms with E-state index in [1.165, 1.54) is 19.3 Å². The molecule has 4 nitrogen and oxygen atoms in total. The van der Waals surface area contributed by atoms with E-state index >= 15 is 0 Å². The maximum absolute atomic E-state index is 12.6. The molecule has 0 aliphatic carbocycles. The number of rotatable bonds is 8. The lowest BCUT2D eigenvalue weighted by atomic mass is 10.1. The summed E-state index contributed by atoms with van der Waals surface area (Å²) in [5, 5.41) is 7.82. The molecule has 0 spiro atoms. The maximum atomic E-state index is 12.6. The van der Waals surface area contributed by atoms with Crippen LogP contribution < -0.4 is 5.32 Å². The average Bonchev–Trinajstić information content (AvgIpc) is 2.87. The van der Waals surface area contributed by atoms with Gasteiger partial charge in [-0.1, -0.05) is 62.4 Å². The Bertz CT molecular complexity index is 667. The Labute approximate surface area is 149 Å². The molecular weight excluding hydrogens is 322 g/mol. The molecule has 2 aromatic rings. The fourth-order valence-electron chi connectivity index (χ4n) is 2.74. The largest absolute Gasteiger partial charge is 0.349 e. The molecule has 1 aromatic heterocycles. The van der Waals surface area contributed by atoms with E-state index in [0.717, 1.165) is 18.5 Å². The van der Waals surface area contributed by atoms with Gasteiger partial charge in [-0.3, -0.25) is 4.79 Å². The number of para-hydroxylation sites is 1. The zero-order chi connectivity index (χ0) is 17.5. The fraction of sp³-hybridized carbons (Fsp3) is 0.474. The van der Waals surface area contributed by atoms with Gasteiger partial charge in [0.1, 0.15) is 5.15 Å². The van der Waals surface area contributed by atoms with Crippen molar-refractivity contribution >= 4 is 17.5 Å². The number of benzene rings is 1. The number of carbonyl (C=O) groups is 1. The summed E-state index contributed by atoms with van der Waals surface area (Å²) < 4.78 is 1.61. The summed E-state index contributed by atoms with van der Waals surface area (Å²) in [7, 11) is 0. The smallest absolute Gasteiger partial charge is 0.256 e. The number of hydrogen-bond acceptors (Lipinski definition) is 2. The summed E-state index contributed by atoms with van der Waals surface area (Å²) in [6, 6.07) is 9.72. The van der Waals surface area contributed by atoms with E-state index in [2.05, 4.69) is 17.3 Å². The predicted molar refractivity (Wildman–Crippen MR) is 99.0 cm³/mol. The zero-order valence-electron chi connectivity index (χ0n) is 14.7. The molecule has 1 heterocycles. The van der Waals surface area contributed by atoms with Crippen molar-refractivity contribution in [1.82, 2.24) is 15.1 Å². The number of hydrogen-bond donors (Lipinski definition) is 1. The third kappa shape index (κ3) is 4.60. The normalized spacial score (nSPS) is 12.2. The topological polar surface area (TPSA) is 46.9 Å². The molecule has 1 atom stereocenters. The third-order valence-electron chi connectivity index (χ3n) is 4.10. The van der Waals surface area contributed by atoms with Crippen molar-refractivity contribution in [3.05, 3.63) is 46.7 Å². The van der Waals surface area contributed by atoms with E-state index in [1.807, 2.05) is 44.2 Å². The van der Waals surface area contributed by atoms with Gasteiger partial charge in [-0.2, -0.15) is 5.10 Å². The molecule has 1 amide bonds. The minimum Gasteiger partial charge on any atom is -0.349 e. The summed E-state index contributed by atoms with van der Waals surface area (Å²) in [6.45, 7) is 6.04. The van der Waals surface area contributed by atoms with Gasteiger partial charge in [0.25, 0.3) is 5.91 Å². The van der Waals surface area contributed by atoms with Gasteiger partial charge in [-0.05, 0) is 32.4 Å². The van der Waals surface area contributed by atoms with Crippen LogP contribution in [0.4, 0.5) is 0 Å². The Morgan fingerprint density at radius 3 is 2.62 bits per heavy atom. The SMILES string of the molecule is CCCCCCC(C)NC(=O)c1c(C)nn(-c2ccccc2)c1Cl. The Kier molecular flexibility index (Phi) is 6.85. The minimum absolute atomic E-state index is 0.130. The number of carbonyl (C=O) groups excluding carboxylic acids is 1. The van der Waals surface area contributed by atoms with Gasteiger partial charge < -0.3 is 5.32 Å². The summed E-state index contributed by atoms with van der Waals surface area (Å²) in [5.74, 6) is -0.150. The molecular formula is C19H26ClN3O. The third-order valence-corrected chi connectivity index (χ3v) is 4.45. The van der Waals surface area contributed by atoms with Crippen LogP contribution >= 0.6 is 11.6 Å². The highest BCUT2D eigenvalue weighted by Gasteiger charge is 2.22. The van der Waals surface area contributed by atoms with Crippen molar-refractivity contribution in [1.29, 1.82) is 0 Å². The first-order valence-electron chi connectivity index (χ1n) is 8.66. The molecule has 1 unspecified atom stereocenters. The lowest BCUT2D eigenvalue weighted by molar-refractivity contribution is 0.0937. The van der Waals surface area contributed by atoms with Crippen LogP contribution in [-0.2, 0) is 0 Å². The molecule has 0 radical (unpaired) electrons. The van der Waals surface area contributed by atoms with Crippen LogP contribution in [0.3, 0.4) is 0 Å². The second kappa shape index (κ2) is 8.88. The van der Waals surface area contributed by atoms with E-state index in [9.17, 15) is 4.79 Å². The van der Waals surface area contributed by atoms with Crippen molar-refractivity contribution in [2.45, 2.75) is 58.9 Å². The number of nitrogens with one attached hydrogen (secondary N) is 1. The fourth-order valence-corrected chi connectivity index (χ4v) is 3.10. The Balaban J connectivity index is 2.06. The van der Waals surface area contributed by atoms with Gasteiger partial charge >= 0.3 is 0 Å². The molecule has 0 fully saturated rings. The maximum Gasteiger partial charge on any atom is 0.256 e. The number of nitrogens with zero attached hydrogens (tertiary/aromatic N) is 2. The quantitative estimate of drug-likeness (QED) is 0.689.